The smallest absolute Gasteiger partial charge is 0.00926 e. The first-order chi connectivity index (χ1) is 8.81. The highest BCUT2D eigenvalue weighted by molar-refractivity contribution is 4.79. The van der Waals surface area contributed by atoms with E-state index in [4.69, 9.17) is 0 Å². The molecular formula is C16H32N2. The van der Waals surface area contributed by atoms with E-state index in [2.05, 4.69) is 24.1 Å². The molecule has 0 bridgehead atoms. The summed E-state index contributed by atoms with van der Waals surface area (Å²) < 4.78 is 0. The molecule has 2 fully saturated rings. The van der Waals surface area contributed by atoms with Gasteiger partial charge >= 0.3 is 0 Å². The monoisotopic (exact) mass is 252 g/mol. The van der Waals surface area contributed by atoms with E-state index in [0.29, 0.717) is 0 Å². The molecular weight excluding hydrogens is 220 g/mol. The highest BCUT2D eigenvalue weighted by atomic mass is 15.2. The Morgan fingerprint density at radius 2 is 2.11 bits per heavy atom. The van der Waals surface area contributed by atoms with Crippen LogP contribution in [0.2, 0.25) is 0 Å². The molecule has 2 aliphatic heterocycles. The first kappa shape index (κ1) is 14.3. The summed E-state index contributed by atoms with van der Waals surface area (Å²) in [6, 6.07) is 0.885. The number of nitrogens with one attached hydrogen (secondary N) is 1. The van der Waals surface area contributed by atoms with Gasteiger partial charge in [0.1, 0.15) is 0 Å². The standard InChI is InChI=1S/C16H32N2/c1-3-16-8-4-5-11-18(16)12-9-14(2)15-7-6-10-17-13-15/h14-17H,3-13H2,1-2H3. The maximum Gasteiger partial charge on any atom is 0.00926 e. The third-order valence-electron chi connectivity index (χ3n) is 5.23. The molecule has 0 aromatic rings. The van der Waals surface area contributed by atoms with Gasteiger partial charge in [-0.3, -0.25) is 0 Å². The minimum atomic E-state index is 0.885. The van der Waals surface area contributed by atoms with Crippen molar-refractivity contribution in [1.29, 1.82) is 0 Å². The molecule has 3 unspecified atom stereocenters. The molecule has 0 saturated carbocycles. The van der Waals surface area contributed by atoms with Gasteiger partial charge in [0.2, 0.25) is 0 Å². The summed E-state index contributed by atoms with van der Waals surface area (Å²) in [5, 5.41) is 3.56. The van der Waals surface area contributed by atoms with Crippen molar-refractivity contribution < 1.29 is 0 Å². The van der Waals surface area contributed by atoms with Crippen molar-refractivity contribution in [2.75, 3.05) is 26.2 Å². The van der Waals surface area contributed by atoms with Crippen LogP contribution in [-0.4, -0.2) is 37.1 Å². The van der Waals surface area contributed by atoms with Crippen LogP contribution in [0.25, 0.3) is 0 Å². The lowest BCUT2D eigenvalue weighted by Crippen LogP contribution is -2.41. The summed E-state index contributed by atoms with van der Waals surface area (Å²) in [6.07, 6.45) is 9.91. The van der Waals surface area contributed by atoms with Gasteiger partial charge in [0.25, 0.3) is 0 Å². The number of hydrogen-bond acceptors (Lipinski definition) is 2. The topological polar surface area (TPSA) is 15.3 Å². The summed E-state index contributed by atoms with van der Waals surface area (Å²) in [5.41, 5.74) is 0. The zero-order chi connectivity index (χ0) is 12.8. The van der Waals surface area contributed by atoms with Gasteiger partial charge in [-0.25, -0.2) is 0 Å². The van der Waals surface area contributed by atoms with Crippen LogP contribution in [0.3, 0.4) is 0 Å². The highest BCUT2D eigenvalue weighted by Crippen LogP contribution is 2.25. The van der Waals surface area contributed by atoms with Crippen LogP contribution in [0.5, 0.6) is 0 Å². The molecule has 3 atom stereocenters. The summed E-state index contributed by atoms with van der Waals surface area (Å²) in [7, 11) is 0. The Kier molecular flexibility index (Phi) is 5.97. The van der Waals surface area contributed by atoms with Crippen molar-refractivity contribution in [3.05, 3.63) is 0 Å². The summed E-state index contributed by atoms with van der Waals surface area (Å²) >= 11 is 0. The second-order valence-electron chi connectivity index (χ2n) is 6.47. The normalized spacial score (nSPS) is 32.3. The molecule has 0 aromatic heterocycles. The van der Waals surface area contributed by atoms with Crippen molar-refractivity contribution in [2.45, 2.75) is 64.8 Å². The van der Waals surface area contributed by atoms with Crippen LogP contribution in [0.1, 0.15) is 58.8 Å². The Labute approximate surface area is 114 Å². The van der Waals surface area contributed by atoms with E-state index in [1.807, 2.05) is 0 Å². The summed E-state index contributed by atoms with van der Waals surface area (Å²) in [6.45, 7) is 10.0. The van der Waals surface area contributed by atoms with Gasteiger partial charge in [0.05, 0.1) is 0 Å². The van der Waals surface area contributed by atoms with E-state index in [-0.39, 0.29) is 0 Å². The van der Waals surface area contributed by atoms with Crippen LogP contribution < -0.4 is 5.32 Å². The van der Waals surface area contributed by atoms with E-state index >= 15 is 0 Å². The van der Waals surface area contributed by atoms with Crippen LogP contribution in [-0.2, 0) is 0 Å². The molecule has 0 spiro atoms. The largest absolute Gasteiger partial charge is 0.316 e. The van der Waals surface area contributed by atoms with Crippen molar-refractivity contribution in [2.24, 2.45) is 11.8 Å². The predicted molar refractivity (Wildman–Crippen MR) is 78.9 cm³/mol. The maximum atomic E-state index is 3.56. The molecule has 0 radical (unpaired) electrons. The average molecular weight is 252 g/mol. The van der Waals surface area contributed by atoms with Crippen LogP contribution in [0.4, 0.5) is 0 Å². The molecule has 2 rings (SSSR count). The minimum absolute atomic E-state index is 0.885. The lowest BCUT2D eigenvalue weighted by molar-refractivity contribution is 0.127. The quantitative estimate of drug-likeness (QED) is 0.808. The number of rotatable bonds is 5. The Morgan fingerprint density at radius 3 is 2.83 bits per heavy atom. The highest BCUT2D eigenvalue weighted by Gasteiger charge is 2.23. The minimum Gasteiger partial charge on any atom is -0.316 e. The lowest BCUT2D eigenvalue weighted by atomic mass is 9.85. The Balaban J connectivity index is 1.71. The molecule has 18 heavy (non-hydrogen) atoms. The van der Waals surface area contributed by atoms with Crippen molar-refractivity contribution >= 4 is 0 Å². The van der Waals surface area contributed by atoms with Crippen LogP contribution >= 0.6 is 0 Å². The Morgan fingerprint density at radius 1 is 1.22 bits per heavy atom. The van der Waals surface area contributed by atoms with Gasteiger partial charge in [-0.1, -0.05) is 20.3 Å². The van der Waals surface area contributed by atoms with Gasteiger partial charge in [-0.15, -0.1) is 0 Å². The van der Waals surface area contributed by atoms with E-state index in [0.717, 1.165) is 17.9 Å². The van der Waals surface area contributed by atoms with Gasteiger partial charge in [0, 0.05) is 6.04 Å². The first-order valence-corrected chi connectivity index (χ1v) is 8.26. The van der Waals surface area contributed by atoms with Crippen LogP contribution in [0, 0.1) is 11.8 Å². The van der Waals surface area contributed by atoms with Crippen molar-refractivity contribution in [3.8, 4) is 0 Å². The second kappa shape index (κ2) is 7.49. The third-order valence-corrected chi connectivity index (χ3v) is 5.23. The van der Waals surface area contributed by atoms with Crippen molar-refractivity contribution in [3.63, 3.8) is 0 Å². The molecule has 1 N–H and O–H groups in total. The SMILES string of the molecule is CCC1CCCCN1CCC(C)C1CCCNC1. The van der Waals surface area contributed by atoms with E-state index in [1.54, 1.807) is 0 Å². The molecule has 2 heteroatoms. The van der Waals surface area contributed by atoms with Gasteiger partial charge in [0.15, 0.2) is 0 Å². The molecule has 2 nitrogen and oxygen atoms in total. The zero-order valence-corrected chi connectivity index (χ0v) is 12.5. The lowest BCUT2D eigenvalue weighted by Gasteiger charge is -2.37. The van der Waals surface area contributed by atoms with Crippen LogP contribution in [0.15, 0.2) is 0 Å². The number of nitrogens with zero attached hydrogens (tertiary/aromatic N) is 1. The molecule has 2 heterocycles. The number of hydrogen-bond donors (Lipinski definition) is 1. The number of piperidine rings is 2. The van der Waals surface area contributed by atoms with E-state index in [9.17, 15) is 0 Å². The van der Waals surface area contributed by atoms with E-state index < -0.39 is 0 Å². The second-order valence-corrected chi connectivity index (χ2v) is 6.47. The number of likely N-dealkylation sites (tertiary alicyclic amines) is 1. The molecule has 106 valence electrons. The van der Waals surface area contributed by atoms with Gasteiger partial charge < -0.3 is 10.2 Å². The molecule has 0 amide bonds. The zero-order valence-electron chi connectivity index (χ0n) is 12.5. The molecule has 2 aliphatic rings. The van der Waals surface area contributed by atoms with Gasteiger partial charge in [-0.2, -0.15) is 0 Å². The predicted octanol–water partition coefficient (Wildman–Crippen LogP) is 3.28. The first-order valence-electron chi connectivity index (χ1n) is 8.26. The maximum absolute atomic E-state index is 3.56. The summed E-state index contributed by atoms with van der Waals surface area (Å²) in [4.78, 5) is 2.77. The fourth-order valence-corrected chi connectivity index (χ4v) is 3.79. The fraction of sp³-hybridized carbons (Fsp3) is 1.00. The molecule has 0 aliphatic carbocycles. The molecule has 0 aromatic carbocycles. The van der Waals surface area contributed by atoms with Gasteiger partial charge in [-0.05, 0) is 76.5 Å². The van der Waals surface area contributed by atoms with E-state index in [1.165, 1.54) is 71.1 Å². The average Bonchev–Trinajstić information content (AvgIpc) is 2.46. The summed E-state index contributed by atoms with van der Waals surface area (Å²) in [5.74, 6) is 1.83. The third kappa shape index (κ3) is 3.96. The fourth-order valence-electron chi connectivity index (χ4n) is 3.79. The Hall–Kier alpha value is -0.0800. The van der Waals surface area contributed by atoms with Crippen molar-refractivity contribution in [1.82, 2.24) is 10.2 Å². The molecule has 2 saturated heterocycles. The Bertz CT molecular complexity index is 223.